The van der Waals surface area contributed by atoms with Gasteiger partial charge >= 0.3 is 10.2 Å². The number of carbonyl (C=O) groups is 2. The molecule has 3 aromatic rings. The molecule has 2 aromatic carbocycles. The van der Waals surface area contributed by atoms with E-state index in [9.17, 15) is 18.0 Å². The molecule has 0 atom stereocenters. The Balaban J connectivity index is 1.37. The van der Waals surface area contributed by atoms with Gasteiger partial charge in [0.15, 0.2) is 6.61 Å². The van der Waals surface area contributed by atoms with Gasteiger partial charge in [0.25, 0.3) is 5.91 Å². The van der Waals surface area contributed by atoms with Gasteiger partial charge in [0.05, 0.1) is 5.69 Å². The number of nitrogens with one attached hydrogen (secondary N) is 2. The Morgan fingerprint density at radius 3 is 2.55 bits per heavy atom. The zero-order chi connectivity index (χ0) is 28.5. The lowest BCUT2D eigenvalue weighted by Gasteiger charge is -2.24. The highest BCUT2D eigenvalue weighted by molar-refractivity contribution is 7.87. The number of fused-ring (bicyclic) bond motifs is 1. The van der Waals surface area contributed by atoms with Gasteiger partial charge in [-0.3, -0.25) is 9.59 Å². The third kappa shape index (κ3) is 7.03. The summed E-state index contributed by atoms with van der Waals surface area (Å²) in [4.78, 5) is 23.0. The predicted molar refractivity (Wildman–Crippen MR) is 157 cm³/mol. The summed E-state index contributed by atoms with van der Waals surface area (Å²) in [5.41, 5.74) is 4.75. The fourth-order valence-electron chi connectivity index (χ4n) is 5.67. The van der Waals surface area contributed by atoms with Gasteiger partial charge in [-0.15, -0.1) is 0 Å². The second-order valence-corrected chi connectivity index (χ2v) is 12.2. The predicted octanol–water partition coefficient (Wildman–Crippen LogP) is 4.48. The monoisotopic (exact) mass is 568 g/mol. The summed E-state index contributed by atoms with van der Waals surface area (Å²) in [6, 6.07) is 16.5. The van der Waals surface area contributed by atoms with Crippen LogP contribution in [-0.4, -0.2) is 56.4 Å². The Labute approximate surface area is 237 Å². The van der Waals surface area contributed by atoms with Crippen molar-refractivity contribution in [3.05, 3.63) is 54.1 Å². The van der Waals surface area contributed by atoms with E-state index in [0.29, 0.717) is 31.1 Å². The molecule has 9 nitrogen and oxygen atoms in total. The molecule has 216 valence electrons. The minimum Gasteiger partial charge on any atom is -0.483 e. The standard InChI is InChI=1S/C30H40N4O5S/c1-33(40(37,38)32-22-35)20-12-4-11-19-31-28(36)21-39-27-18-10-8-16-25(27)30-29(23-13-5-3-6-14-23)24-15-7-9-17-26(24)34(30)2/h7-10,15-18,22-23H,3-6,11-14,19-21H2,1-2H3,(H,31,36)(H,32,35). The lowest BCUT2D eigenvalue weighted by atomic mass is 9.82. The molecule has 0 radical (unpaired) electrons. The van der Waals surface area contributed by atoms with E-state index in [1.165, 1.54) is 61.3 Å². The van der Waals surface area contributed by atoms with E-state index in [1.54, 1.807) is 4.72 Å². The summed E-state index contributed by atoms with van der Waals surface area (Å²) >= 11 is 0. The molecule has 10 heteroatoms. The number of para-hydroxylation sites is 2. The lowest BCUT2D eigenvalue weighted by Crippen LogP contribution is -2.38. The van der Waals surface area contributed by atoms with Crippen molar-refractivity contribution >= 4 is 33.4 Å². The molecule has 1 aliphatic carbocycles. The van der Waals surface area contributed by atoms with Crippen LogP contribution in [0.15, 0.2) is 48.5 Å². The maximum atomic E-state index is 12.6. The second-order valence-electron chi connectivity index (χ2n) is 10.4. The van der Waals surface area contributed by atoms with E-state index in [2.05, 4.69) is 47.3 Å². The van der Waals surface area contributed by atoms with Gasteiger partial charge in [-0.25, -0.2) is 4.72 Å². The first-order valence-electron chi connectivity index (χ1n) is 14.1. The maximum Gasteiger partial charge on any atom is 0.303 e. The molecular weight excluding hydrogens is 528 g/mol. The van der Waals surface area contributed by atoms with Crippen molar-refractivity contribution in [2.75, 3.05) is 26.7 Å². The molecule has 0 unspecified atom stereocenters. The third-order valence-corrected chi connectivity index (χ3v) is 9.14. The van der Waals surface area contributed by atoms with Crippen LogP contribution in [0, 0.1) is 0 Å². The summed E-state index contributed by atoms with van der Waals surface area (Å²) in [5.74, 6) is 0.996. The SMILES string of the molecule is CN(CCCCCNC(=O)COc1ccccc1-c1c(C2CCCCC2)c2ccccc2n1C)S(=O)(=O)NC=O. The maximum absolute atomic E-state index is 12.6. The molecule has 0 saturated heterocycles. The van der Waals surface area contributed by atoms with Crippen LogP contribution < -0.4 is 14.8 Å². The number of aryl methyl sites for hydroxylation is 1. The number of carbonyl (C=O) groups excluding carboxylic acids is 2. The number of benzene rings is 2. The van der Waals surface area contributed by atoms with Crippen LogP contribution >= 0.6 is 0 Å². The molecule has 0 aliphatic heterocycles. The minimum absolute atomic E-state index is 0.0853. The van der Waals surface area contributed by atoms with E-state index in [-0.39, 0.29) is 25.5 Å². The van der Waals surface area contributed by atoms with Gasteiger partial charge in [0, 0.05) is 43.7 Å². The number of aromatic nitrogens is 1. The fraction of sp³-hybridized carbons (Fsp3) is 0.467. The largest absolute Gasteiger partial charge is 0.483 e. The minimum atomic E-state index is -3.77. The third-order valence-electron chi connectivity index (χ3n) is 7.74. The molecule has 1 saturated carbocycles. The number of amides is 2. The Hall–Kier alpha value is -3.37. The highest BCUT2D eigenvalue weighted by Gasteiger charge is 2.26. The van der Waals surface area contributed by atoms with E-state index in [1.807, 2.05) is 18.2 Å². The summed E-state index contributed by atoms with van der Waals surface area (Å²) < 4.78 is 34.7. The zero-order valence-corrected chi connectivity index (χ0v) is 24.2. The molecule has 2 amide bonds. The first kappa shape index (κ1) is 29.6. The molecule has 4 rings (SSSR count). The summed E-state index contributed by atoms with van der Waals surface area (Å²) in [6.45, 7) is 0.675. The lowest BCUT2D eigenvalue weighted by molar-refractivity contribution is -0.123. The second kappa shape index (κ2) is 13.8. The smallest absolute Gasteiger partial charge is 0.303 e. The summed E-state index contributed by atoms with van der Waals surface area (Å²) in [5, 5.41) is 4.18. The number of hydrogen-bond donors (Lipinski definition) is 2. The molecule has 0 bridgehead atoms. The van der Waals surface area contributed by atoms with Crippen molar-refractivity contribution in [2.45, 2.75) is 57.3 Å². The number of ether oxygens (including phenoxy) is 1. The van der Waals surface area contributed by atoms with Gasteiger partial charge in [-0.05, 0) is 55.4 Å². The topological polar surface area (TPSA) is 110 Å². The highest BCUT2D eigenvalue weighted by atomic mass is 32.2. The van der Waals surface area contributed by atoms with Gasteiger partial charge in [-0.1, -0.05) is 56.0 Å². The molecule has 2 N–H and O–H groups in total. The van der Waals surface area contributed by atoms with Crippen molar-refractivity contribution in [1.82, 2.24) is 18.9 Å². The van der Waals surface area contributed by atoms with E-state index < -0.39 is 10.2 Å². The van der Waals surface area contributed by atoms with Gasteiger partial charge in [0.2, 0.25) is 6.41 Å². The normalized spacial score (nSPS) is 14.4. The molecule has 1 fully saturated rings. The first-order chi connectivity index (χ1) is 19.3. The van der Waals surface area contributed by atoms with Crippen LogP contribution in [0.3, 0.4) is 0 Å². The van der Waals surface area contributed by atoms with Crippen LogP contribution in [0.25, 0.3) is 22.2 Å². The molecule has 1 aromatic heterocycles. The number of unbranched alkanes of at least 4 members (excludes halogenated alkanes) is 2. The fourth-order valence-corrected chi connectivity index (χ4v) is 6.34. The highest BCUT2D eigenvalue weighted by Crippen LogP contribution is 2.45. The zero-order valence-electron chi connectivity index (χ0n) is 23.4. The Morgan fingerprint density at radius 1 is 1.05 bits per heavy atom. The van der Waals surface area contributed by atoms with Crippen molar-refractivity contribution in [1.29, 1.82) is 0 Å². The summed E-state index contributed by atoms with van der Waals surface area (Å²) in [6.07, 6.45) is 8.38. The first-order valence-corrected chi connectivity index (χ1v) is 15.5. The Morgan fingerprint density at radius 2 is 1.77 bits per heavy atom. The van der Waals surface area contributed by atoms with Gasteiger partial charge in [-0.2, -0.15) is 12.7 Å². The Bertz CT molecular complexity index is 1410. The number of nitrogens with zero attached hydrogens (tertiary/aromatic N) is 2. The summed E-state index contributed by atoms with van der Waals surface area (Å²) in [7, 11) is -0.240. The van der Waals surface area contributed by atoms with E-state index >= 15 is 0 Å². The van der Waals surface area contributed by atoms with Crippen molar-refractivity contribution in [3.8, 4) is 17.0 Å². The molecule has 1 aliphatic rings. The van der Waals surface area contributed by atoms with Crippen LogP contribution in [0.5, 0.6) is 5.75 Å². The number of rotatable bonds is 14. The molecule has 1 heterocycles. The van der Waals surface area contributed by atoms with Crippen molar-refractivity contribution in [3.63, 3.8) is 0 Å². The quantitative estimate of drug-likeness (QED) is 0.220. The van der Waals surface area contributed by atoms with Crippen LogP contribution in [0.1, 0.15) is 62.8 Å². The van der Waals surface area contributed by atoms with Gasteiger partial charge in [0.1, 0.15) is 5.75 Å². The molecule has 0 spiro atoms. The van der Waals surface area contributed by atoms with E-state index in [4.69, 9.17) is 4.74 Å². The average molecular weight is 569 g/mol. The average Bonchev–Trinajstić information content (AvgIpc) is 3.26. The van der Waals surface area contributed by atoms with Crippen molar-refractivity contribution < 1.29 is 22.7 Å². The molecular formula is C30H40N4O5S. The van der Waals surface area contributed by atoms with Crippen LogP contribution in [-0.2, 0) is 26.8 Å². The van der Waals surface area contributed by atoms with Crippen molar-refractivity contribution in [2.24, 2.45) is 7.05 Å². The van der Waals surface area contributed by atoms with Crippen LogP contribution in [0.4, 0.5) is 0 Å². The molecule has 40 heavy (non-hydrogen) atoms. The number of hydrogen-bond acceptors (Lipinski definition) is 5. The van der Waals surface area contributed by atoms with Gasteiger partial charge < -0.3 is 14.6 Å². The van der Waals surface area contributed by atoms with Crippen LogP contribution in [0.2, 0.25) is 0 Å². The Kier molecular flexibility index (Phi) is 10.2. The van der Waals surface area contributed by atoms with E-state index in [0.717, 1.165) is 16.3 Å².